The van der Waals surface area contributed by atoms with Crippen LogP contribution in [0.4, 0.5) is 4.39 Å². The SMILES string of the molecule is C=C1C=C(N[C@H](C)C(C)C)C(F)=CN=C1N. The summed E-state index contributed by atoms with van der Waals surface area (Å²) in [5.74, 6) is 0.224. The lowest BCUT2D eigenvalue weighted by Crippen LogP contribution is -2.30. The van der Waals surface area contributed by atoms with E-state index < -0.39 is 5.83 Å². The molecule has 0 amide bonds. The molecule has 0 aromatic rings. The highest BCUT2D eigenvalue weighted by atomic mass is 19.1. The lowest BCUT2D eigenvalue weighted by atomic mass is 10.1. The first-order valence-corrected chi connectivity index (χ1v) is 5.28. The summed E-state index contributed by atoms with van der Waals surface area (Å²) in [6, 6.07) is 0.164. The molecule has 1 rings (SSSR count). The smallest absolute Gasteiger partial charge is 0.164 e. The minimum atomic E-state index is -0.422. The van der Waals surface area contributed by atoms with Gasteiger partial charge in [0.15, 0.2) is 5.83 Å². The van der Waals surface area contributed by atoms with Crippen LogP contribution >= 0.6 is 0 Å². The van der Waals surface area contributed by atoms with Crippen LogP contribution in [-0.4, -0.2) is 11.9 Å². The minimum Gasteiger partial charge on any atom is -0.383 e. The third-order valence-corrected chi connectivity index (χ3v) is 2.61. The fraction of sp³-hybridized carbons (Fsp3) is 0.417. The largest absolute Gasteiger partial charge is 0.383 e. The molecule has 1 aliphatic heterocycles. The van der Waals surface area contributed by atoms with Gasteiger partial charge in [-0.1, -0.05) is 20.4 Å². The van der Waals surface area contributed by atoms with Crippen molar-refractivity contribution >= 4 is 5.84 Å². The maximum Gasteiger partial charge on any atom is 0.164 e. The highest BCUT2D eigenvalue weighted by Gasteiger charge is 2.14. The van der Waals surface area contributed by atoms with Crippen LogP contribution in [0.25, 0.3) is 0 Å². The van der Waals surface area contributed by atoms with E-state index in [9.17, 15) is 4.39 Å². The second-order valence-corrected chi connectivity index (χ2v) is 4.25. The number of allylic oxidation sites excluding steroid dienone is 1. The van der Waals surface area contributed by atoms with Gasteiger partial charge in [0.2, 0.25) is 0 Å². The highest BCUT2D eigenvalue weighted by Crippen LogP contribution is 2.17. The Morgan fingerprint density at radius 1 is 1.44 bits per heavy atom. The van der Waals surface area contributed by atoms with Crippen LogP contribution in [0.1, 0.15) is 20.8 Å². The first-order valence-electron chi connectivity index (χ1n) is 5.28. The van der Waals surface area contributed by atoms with E-state index in [1.807, 2.05) is 6.92 Å². The molecular weight excluding hydrogens is 205 g/mol. The van der Waals surface area contributed by atoms with Gasteiger partial charge >= 0.3 is 0 Å². The molecule has 4 heteroatoms. The number of rotatable bonds is 3. The molecule has 0 aromatic heterocycles. The molecule has 0 fully saturated rings. The van der Waals surface area contributed by atoms with Gasteiger partial charge in [0, 0.05) is 11.6 Å². The van der Waals surface area contributed by atoms with Crippen molar-refractivity contribution in [2.75, 3.05) is 0 Å². The zero-order chi connectivity index (χ0) is 12.3. The molecule has 0 aliphatic carbocycles. The van der Waals surface area contributed by atoms with Gasteiger partial charge in [-0.25, -0.2) is 9.38 Å². The van der Waals surface area contributed by atoms with Gasteiger partial charge in [0.1, 0.15) is 5.84 Å². The number of hydrogen-bond donors (Lipinski definition) is 2. The van der Waals surface area contributed by atoms with Crippen LogP contribution in [0.3, 0.4) is 0 Å². The number of aliphatic imine (C=N–C) groups is 1. The van der Waals surface area contributed by atoms with Crippen molar-refractivity contribution in [2.24, 2.45) is 16.6 Å². The number of nitrogens with zero attached hydrogens (tertiary/aromatic N) is 1. The Hall–Kier alpha value is -1.58. The second kappa shape index (κ2) is 4.96. The van der Waals surface area contributed by atoms with Gasteiger partial charge in [-0.3, -0.25) is 0 Å². The Balaban J connectivity index is 2.88. The molecule has 0 spiro atoms. The van der Waals surface area contributed by atoms with Gasteiger partial charge in [-0.05, 0) is 18.9 Å². The summed E-state index contributed by atoms with van der Waals surface area (Å²) in [4.78, 5) is 3.75. The summed E-state index contributed by atoms with van der Waals surface area (Å²) >= 11 is 0. The van der Waals surface area contributed by atoms with E-state index in [2.05, 4.69) is 30.7 Å². The monoisotopic (exact) mass is 223 g/mol. The lowest BCUT2D eigenvalue weighted by molar-refractivity contribution is 0.453. The highest BCUT2D eigenvalue weighted by molar-refractivity contribution is 5.99. The van der Waals surface area contributed by atoms with Crippen molar-refractivity contribution in [2.45, 2.75) is 26.8 Å². The Labute approximate surface area is 95.6 Å². The molecule has 16 heavy (non-hydrogen) atoms. The predicted octanol–water partition coefficient (Wildman–Crippen LogP) is 2.24. The summed E-state index contributed by atoms with van der Waals surface area (Å²) in [6.45, 7) is 9.85. The molecule has 0 radical (unpaired) electrons. The maximum atomic E-state index is 13.6. The summed E-state index contributed by atoms with van der Waals surface area (Å²) < 4.78 is 13.6. The molecule has 88 valence electrons. The zero-order valence-electron chi connectivity index (χ0n) is 9.92. The van der Waals surface area contributed by atoms with Crippen molar-refractivity contribution in [3.63, 3.8) is 0 Å². The van der Waals surface area contributed by atoms with Crippen molar-refractivity contribution in [3.05, 3.63) is 36.0 Å². The van der Waals surface area contributed by atoms with Crippen molar-refractivity contribution in [1.82, 2.24) is 5.32 Å². The molecule has 3 N–H and O–H groups in total. The Bertz CT molecular complexity index is 378. The van der Waals surface area contributed by atoms with E-state index >= 15 is 0 Å². The Morgan fingerprint density at radius 2 is 2.06 bits per heavy atom. The number of halogens is 1. The van der Waals surface area contributed by atoms with E-state index in [4.69, 9.17) is 5.73 Å². The molecular formula is C12H18FN3. The molecule has 1 atom stereocenters. The molecule has 0 aromatic carbocycles. The third kappa shape index (κ3) is 2.95. The van der Waals surface area contributed by atoms with Crippen LogP contribution in [0, 0.1) is 5.92 Å². The summed E-state index contributed by atoms with van der Waals surface area (Å²) in [5.41, 5.74) is 6.46. The number of nitrogens with one attached hydrogen (secondary N) is 1. The Kier molecular flexibility index (Phi) is 3.88. The van der Waals surface area contributed by atoms with Crippen molar-refractivity contribution < 1.29 is 4.39 Å². The van der Waals surface area contributed by atoms with E-state index in [1.54, 1.807) is 6.08 Å². The van der Waals surface area contributed by atoms with Crippen LogP contribution in [0.5, 0.6) is 0 Å². The van der Waals surface area contributed by atoms with Crippen molar-refractivity contribution in [3.8, 4) is 0 Å². The van der Waals surface area contributed by atoms with E-state index in [1.165, 1.54) is 0 Å². The number of amidine groups is 1. The average Bonchev–Trinajstić information content (AvgIpc) is 2.33. The van der Waals surface area contributed by atoms with Gasteiger partial charge in [0.25, 0.3) is 0 Å². The predicted molar refractivity (Wildman–Crippen MR) is 65.5 cm³/mol. The van der Waals surface area contributed by atoms with Crippen LogP contribution < -0.4 is 11.1 Å². The fourth-order valence-corrected chi connectivity index (χ4v) is 1.12. The fourth-order valence-electron chi connectivity index (χ4n) is 1.12. The molecule has 3 nitrogen and oxygen atoms in total. The van der Waals surface area contributed by atoms with Gasteiger partial charge in [0.05, 0.1) is 11.9 Å². The molecule has 1 aliphatic rings. The Morgan fingerprint density at radius 3 is 2.62 bits per heavy atom. The standard InChI is InChI=1S/C12H18FN3/c1-7(2)9(4)16-11-5-8(3)12(14)15-6-10(11)13/h5-7,9,16H,3H2,1-2,4H3,(H2,14,15)/t9-/m1/s1. The van der Waals surface area contributed by atoms with Crippen LogP contribution in [0.2, 0.25) is 0 Å². The second-order valence-electron chi connectivity index (χ2n) is 4.25. The van der Waals surface area contributed by atoms with Crippen molar-refractivity contribution in [1.29, 1.82) is 0 Å². The number of hydrogen-bond acceptors (Lipinski definition) is 3. The summed E-state index contributed by atoms with van der Waals surface area (Å²) in [5, 5.41) is 3.09. The first kappa shape index (κ1) is 12.5. The topological polar surface area (TPSA) is 50.4 Å². The summed E-state index contributed by atoms with van der Waals surface area (Å²) in [7, 11) is 0. The zero-order valence-corrected chi connectivity index (χ0v) is 9.92. The van der Waals surface area contributed by atoms with Gasteiger partial charge < -0.3 is 11.1 Å². The van der Waals surface area contributed by atoms with Crippen LogP contribution in [-0.2, 0) is 0 Å². The van der Waals surface area contributed by atoms with Gasteiger partial charge in [-0.2, -0.15) is 0 Å². The molecule has 0 unspecified atom stereocenters. The van der Waals surface area contributed by atoms with Crippen LogP contribution in [0.15, 0.2) is 40.9 Å². The molecule has 1 heterocycles. The average molecular weight is 223 g/mol. The van der Waals surface area contributed by atoms with E-state index in [0.717, 1.165) is 6.20 Å². The van der Waals surface area contributed by atoms with E-state index in [0.29, 0.717) is 17.2 Å². The minimum absolute atomic E-state index is 0.164. The first-order chi connectivity index (χ1) is 7.41. The third-order valence-electron chi connectivity index (χ3n) is 2.61. The summed E-state index contributed by atoms with van der Waals surface area (Å²) in [6.07, 6.45) is 2.69. The van der Waals surface area contributed by atoms with Gasteiger partial charge in [-0.15, -0.1) is 0 Å². The quantitative estimate of drug-likeness (QED) is 0.771. The van der Waals surface area contributed by atoms with E-state index in [-0.39, 0.29) is 11.9 Å². The normalized spacial score (nSPS) is 18.6. The lowest BCUT2D eigenvalue weighted by Gasteiger charge is -2.20. The molecule has 0 saturated carbocycles. The number of nitrogens with two attached hydrogens (primary N) is 1. The molecule has 0 bridgehead atoms. The molecule has 0 saturated heterocycles. The maximum absolute atomic E-state index is 13.6.